The molecule has 0 aliphatic rings. The predicted molar refractivity (Wildman–Crippen MR) is 82.3 cm³/mol. The van der Waals surface area contributed by atoms with E-state index in [2.05, 4.69) is 4.99 Å². The average molecular weight is 323 g/mol. The predicted octanol–water partition coefficient (Wildman–Crippen LogP) is 3.75. The van der Waals surface area contributed by atoms with E-state index in [1.165, 1.54) is 18.3 Å². The fourth-order valence-corrected chi connectivity index (χ4v) is 2.11. The number of halogens is 2. The zero-order valence-corrected chi connectivity index (χ0v) is 12.1. The van der Waals surface area contributed by atoms with E-state index in [4.69, 9.17) is 11.6 Å². The van der Waals surface area contributed by atoms with E-state index in [0.29, 0.717) is 12.0 Å². The average Bonchev–Trinajstić information content (AvgIpc) is 2.48. The highest BCUT2D eigenvalue weighted by Crippen LogP contribution is 2.32. The van der Waals surface area contributed by atoms with Crippen molar-refractivity contribution in [3.8, 4) is 5.75 Å². The molecule has 0 saturated heterocycles. The van der Waals surface area contributed by atoms with Crippen molar-refractivity contribution in [2.24, 2.45) is 4.99 Å². The Hall–Kier alpha value is -2.47. The first-order valence-corrected chi connectivity index (χ1v) is 6.77. The van der Waals surface area contributed by atoms with E-state index in [9.17, 15) is 19.6 Å². The lowest BCUT2D eigenvalue weighted by molar-refractivity contribution is -0.385. The van der Waals surface area contributed by atoms with Crippen molar-refractivity contribution in [2.45, 2.75) is 6.42 Å². The summed E-state index contributed by atoms with van der Waals surface area (Å²) in [6, 6.07) is 8.79. The molecule has 114 valence electrons. The van der Waals surface area contributed by atoms with Gasteiger partial charge in [-0.25, -0.2) is 4.39 Å². The molecule has 0 heterocycles. The third kappa shape index (κ3) is 3.79. The van der Waals surface area contributed by atoms with Crippen molar-refractivity contribution < 1.29 is 14.4 Å². The molecule has 5 nitrogen and oxygen atoms in total. The molecule has 0 spiro atoms. The Balaban J connectivity index is 2.11. The molecule has 0 unspecified atom stereocenters. The SMILES string of the molecule is O=[N+]([O-])c1cc(Cl)cc(C=NCCc2ccccc2F)c1O. The second-order valence-electron chi connectivity index (χ2n) is 4.50. The van der Waals surface area contributed by atoms with Crippen LogP contribution in [0.3, 0.4) is 0 Å². The van der Waals surface area contributed by atoms with Gasteiger partial charge in [0.2, 0.25) is 5.75 Å². The first-order chi connectivity index (χ1) is 10.5. The number of benzene rings is 2. The summed E-state index contributed by atoms with van der Waals surface area (Å²) >= 11 is 5.77. The Morgan fingerprint density at radius 2 is 2.09 bits per heavy atom. The van der Waals surface area contributed by atoms with Crippen molar-refractivity contribution in [1.29, 1.82) is 0 Å². The largest absolute Gasteiger partial charge is 0.502 e. The van der Waals surface area contributed by atoms with Gasteiger partial charge in [0, 0.05) is 29.4 Å². The molecule has 0 bridgehead atoms. The van der Waals surface area contributed by atoms with Gasteiger partial charge in [-0.3, -0.25) is 15.1 Å². The van der Waals surface area contributed by atoms with E-state index in [1.807, 2.05) is 0 Å². The molecule has 0 amide bonds. The summed E-state index contributed by atoms with van der Waals surface area (Å²) in [5.74, 6) is -0.803. The molecule has 0 fully saturated rings. The van der Waals surface area contributed by atoms with Crippen LogP contribution in [0.1, 0.15) is 11.1 Å². The summed E-state index contributed by atoms with van der Waals surface area (Å²) in [6.07, 6.45) is 1.67. The highest BCUT2D eigenvalue weighted by Gasteiger charge is 2.17. The Bertz CT molecular complexity index is 735. The smallest absolute Gasteiger partial charge is 0.312 e. The summed E-state index contributed by atoms with van der Waals surface area (Å²) in [4.78, 5) is 14.1. The quantitative estimate of drug-likeness (QED) is 0.517. The monoisotopic (exact) mass is 322 g/mol. The fourth-order valence-electron chi connectivity index (χ4n) is 1.89. The fraction of sp³-hybridized carbons (Fsp3) is 0.133. The van der Waals surface area contributed by atoms with Crippen LogP contribution in [-0.2, 0) is 6.42 Å². The number of aromatic hydroxyl groups is 1. The van der Waals surface area contributed by atoms with E-state index in [1.54, 1.807) is 18.2 Å². The zero-order chi connectivity index (χ0) is 16.1. The van der Waals surface area contributed by atoms with Crippen LogP contribution in [0.5, 0.6) is 5.75 Å². The van der Waals surface area contributed by atoms with Gasteiger partial charge < -0.3 is 5.11 Å². The number of nitro benzene ring substituents is 1. The number of nitrogens with zero attached hydrogens (tertiary/aromatic N) is 2. The molecule has 2 aromatic rings. The molecule has 0 aromatic heterocycles. The van der Waals surface area contributed by atoms with E-state index in [-0.39, 0.29) is 22.9 Å². The number of hydrogen-bond donors (Lipinski definition) is 1. The van der Waals surface area contributed by atoms with Gasteiger partial charge in [0.25, 0.3) is 0 Å². The van der Waals surface area contributed by atoms with Crippen LogP contribution in [0.25, 0.3) is 0 Å². The minimum atomic E-state index is -0.724. The molecular weight excluding hydrogens is 311 g/mol. The summed E-state index contributed by atoms with van der Waals surface area (Å²) in [6.45, 7) is 0.278. The maximum absolute atomic E-state index is 13.4. The number of hydrogen-bond acceptors (Lipinski definition) is 4. The number of nitro groups is 1. The van der Waals surface area contributed by atoms with Gasteiger partial charge in [-0.2, -0.15) is 0 Å². The Morgan fingerprint density at radius 3 is 2.77 bits per heavy atom. The summed E-state index contributed by atoms with van der Waals surface area (Å²) < 4.78 is 13.4. The van der Waals surface area contributed by atoms with Gasteiger partial charge in [0.05, 0.1) is 4.92 Å². The Kier molecular flexibility index (Phi) is 5.06. The minimum Gasteiger partial charge on any atom is -0.502 e. The molecule has 2 rings (SSSR count). The highest BCUT2D eigenvalue weighted by atomic mass is 35.5. The number of rotatable bonds is 5. The molecule has 1 N–H and O–H groups in total. The number of phenolic OH excluding ortho intramolecular Hbond substituents is 1. The lowest BCUT2D eigenvalue weighted by atomic mass is 10.1. The van der Waals surface area contributed by atoms with Gasteiger partial charge in [0.15, 0.2) is 0 Å². The summed E-state index contributed by atoms with van der Waals surface area (Å²) in [5, 5.41) is 20.7. The topological polar surface area (TPSA) is 75.7 Å². The zero-order valence-electron chi connectivity index (χ0n) is 11.4. The van der Waals surface area contributed by atoms with Crippen molar-refractivity contribution in [3.63, 3.8) is 0 Å². The van der Waals surface area contributed by atoms with Gasteiger partial charge in [-0.15, -0.1) is 0 Å². The molecule has 0 aliphatic heterocycles. The van der Waals surface area contributed by atoms with Crippen LogP contribution in [0.15, 0.2) is 41.4 Å². The summed E-state index contributed by atoms with van der Waals surface area (Å²) in [7, 11) is 0. The molecule has 7 heteroatoms. The van der Waals surface area contributed by atoms with Crippen LogP contribution >= 0.6 is 11.6 Å². The molecule has 0 saturated carbocycles. The number of phenols is 1. The lowest BCUT2D eigenvalue weighted by Crippen LogP contribution is -1.95. The Morgan fingerprint density at radius 1 is 1.36 bits per heavy atom. The van der Waals surface area contributed by atoms with Crippen LogP contribution in [0, 0.1) is 15.9 Å². The Labute approximate surface area is 130 Å². The normalized spacial score (nSPS) is 11.0. The van der Waals surface area contributed by atoms with E-state index >= 15 is 0 Å². The standard InChI is InChI=1S/C15H12ClFN2O3/c16-12-7-11(15(20)14(8-12)19(21)22)9-18-6-5-10-3-1-2-4-13(10)17/h1-4,7-9,20H,5-6H2. The van der Waals surface area contributed by atoms with Crippen LogP contribution < -0.4 is 0 Å². The molecule has 2 aromatic carbocycles. The minimum absolute atomic E-state index is 0.125. The molecule has 0 radical (unpaired) electrons. The van der Waals surface area contributed by atoms with Gasteiger partial charge >= 0.3 is 5.69 Å². The van der Waals surface area contributed by atoms with Gasteiger partial charge in [-0.05, 0) is 24.1 Å². The van der Waals surface area contributed by atoms with Crippen LogP contribution in [-0.4, -0.2) is 22.8 Å². The molecular formula is C15H12ClFN2O3. The summed E-state index contributed by atoms with van der Waals surface area (Å²) in [5.41, 5.74) is 0.191. The van der Waals surface area contributed by atoms with Crippen LogP contribution in [0.2, 0.25) is 5.02 Å². The maximum Gasteiger partial charge on any atom is 0.312 e. The van der Waals surface area contributed by atoms with Gasteiger partial charge in [-0.1, -0.05) is 29.8 Å². The molecule has 22 heavy (non-hydrogen) atoms. The second-order valence-corrected chi connectivity index (χ2v) is 4.93. The van der Waals surface area contributed by atoms with Crippen molar-refractivity contribution in [2.75, 3.05) is 6.54 Å². The number of aliphatic imine (C=N–C) groups is 1. The van der Waals surface area contributed by atoms with Crippen LogP contribution in [0.4, 0.5) is 10.1 Å². The van der Waals surface area contributed by atoms with E-state index in [0.717, 1.165) is 6.07 Å². The lowest BCUT2D eigenvalue weighted by Gasteiger charge is -2.02. The van der Waals surface area contributed by atoms with Crippen molar-refractivity contribution in [1.82, 2.24) is 0 Å². The third-order valence-corrected chi connectivity index (χ3v) is 3.20. The molecule has 0 atom stereocenters. The van der Waals surface area contributed by atoms with E-state index < -0.39 is 16.4 Å². The maximum atomic E-state index is 13.4. The van der Waals surface area contributed by atoms with Gasteiger partial charge in [0.1, 0.15) is 5.82 Å². The van der Waals surface area contributed by atoms with Crippen molar-refractivity contribution >= 4 is 23.5 Å². The second kappa shape index (κ2) is 7.00. The third-order valence-electron chi connectivity index (χ3n) is 2.98. The van der Waals surface area contributed by atoms with Crippen molar-refractivity contribution in [3.05, 3.63) is 68.5 Å². The first kappa shape index (κ1) is 15.9. The first-order valence-electron chi connectivity index (χ1n) is 6.39. The molecule has 0 aliphatic carbocycles. The highest BCUT2D eigenvalue weighted by molar-refractivity contribution is 6.31.